The molecule has 2 aromatic rings. The lowest BCUT2D eigenvalue weighted by atomic mass is 10.1. The summed E-state index contributed by atoms with van der Waals surface area (Å²) >= 11 is 4.03. The zero-order valence-electron chi connectivity index (χ0n) is 7.48. The third-order valence-corrected chi connectivity index (χ3v) is 3.25. The van der Waals surface area contributed by atoms with Crippen LogP contribution in [-0.4, -0.2) is 0 Å². The molecule has 0 fully saturated rings. The number of hydrogen-bond acceptors (Lipinski definition) is 1. The van der Waals surface area contributed by atoms with Gasteiger partial charge in [-0.3, -0.25) is 0 Å². The predicted molar refractivity (Wildman–Crippen MR) is 72.8 cm³/mol. The van der Waals surface area contributed by atoms with Gasteiger partial charge in [-0.15, -0.1) is 11.3 Å². The molecule has 1 aromatic heterocycles. The Morgan fingerprint density at radius 3 is 2.64 bits per heavy atom. The molecular weight excluding hydrogens is 303 g/mol. The molecule has 0 aliphatic carbocycles. The summed E-state index contributed by atoms with van der Waals surface area (Å²) in [7, 11) is 0. The van der Waals surface area contributed by atoms with Gasteiger partial charge in [-0.1, -0.05) is 52.9 Å². The maximum absolute atomic E-state index is 2.25. The second kappa shape index (κ2) is 4.75. The molecule has 0 N–H and O–H groups in total. The average molecular weight is 312 g/mol. The Labute approximate surface area is 101 Å². The van der Waals surface area contributed by atoms with Gasteiger partial charge in [0.05, 0.1) is 0 Å². The molecule has 14 heavy (non-hydrogen) atoms. The Hall–Kier alpha value is -0.610. The summed E-state index contributed by atoms with van der Waals surface area (Å²) in [5, 5.41) is 2.11. The van der Waals surface area contributed by atoms with E-state index in [1.165, 1.54) is 16.0 Å². The van der Waals surface area contributed by atoms with Crippen molar-refractivity contribution < 1.29 is 0 Å². The van der Waals surface area contributed by atoms with Crippen molar-refractivity contribution in [2.45, 2.75) is 0 Å². The van der Waals surface area contributed by atoms with Crippen LogP contribution in [0.3, 0.4) is 0 Å². The minimum Gasteiger partial charge on any atom is -0.144 e. The van der Waals surface area contributed by atoms with Crippen LogP contribution in [0.15, 0.2) is 45.9 Å². The first-order chi connectivity index (χ1) is 6.92. The van der Waals surface area contributed by atoms with Gasteiger partial charge >= 0.3 is 0 Å². The molecule has 0 nitrogen and oxygen atoms in total. The molecule has 70 valence electrons. The van der Waals surface area contributed by atoms with Gasteiger partial charge in [0.25, 0.3) is 0 Å². The van der Waals surface area contributed by atoms with Crippen molar-refractivity contribution in [3.8, 4) is 10.4 Å². The summed E-state index contributed by atoms with van der Waals surface area (Å²) in [6.07, 6.45) is 2.13. The third-order valence-electron chi connectivity index (χ3n) is 1.99. The Bertz CT molecular complexity index is 429. The number of rotatable bonds is 2. The Morgan fingerprint density at radius 1 is 1.07 bits per heavy atom. The van der Waals surface area contributed by atoms with Crippen LogP contribution in [0, 0.1) is 0 Å². The summed E-state index contributed by atoms with van der Waals surface area (Å²) in [5.41, 5.74) is 2.60. The van der Waals surface area contributed by atoms with Crippen molar-refractivity contribution in [1.82, 2.24) is 0 Å². The van der Waals surface area contributed by atoms with Gasteiger partial charge in [-0.25, -0.2) is 0 Å². The zero-order valence-corrected chi connectivity index (χ0v) is 10.5. The minimum absolute atomic E-state index is 1.28. The van der Waals surface area contributed by atoms with Crippen LogP contribution >= 0.6 is 33.9 Å². The van der Waals surface area contributed by atoms with Crippen LogP contribution in [0.5, 0.6) is 0 Å². The molecule has 0 bridgehead atoms. The summed E-state index contributed by atoms with van der Waals surface area (Å²) in [6, 6.07) is 12.7. The highest BCUT2D eigenvalue weighted by Gasteiger charge is 2.01. The van der Waals surface area contributed by atoms with Gasteiger partial charge in [-0.05, 0) is 32.7 Å². The van der Waals surface area contributed by atoms with E-state index in [0.29, 0.717) is 0 Å². The molecule has 0 spiro atoms. The summed E-state index contributed by atoms with van der Waals surface area (Å²) in [5.74, 6) is 0. The third kappa shape index (κ3) is 2.07. The van der Waals surface area contributed by atoms with Crippen molar-refractivity contribution in [1.29, 1.82) is 0 Å². The summed E-state index contributed by atoms with van der Waals surface area (Å²) < 4.78 is 2.05. The van der Waals surface area contributed by atoms with E-state index in [0.717, 1.165) is 0 Å². The largest absolute Gasteiger partial charge is 0.144 e. The van der Waals surface area contributed by atoms with E-state index in [2.05, 4.69) is 70.4 Å². The molecule has 0 amide bonds. The molecule has 0 unspecified atom stereocenters. The summed E-state index contributed by atoms with van der Waals surface area (Å²) in [4.78, 5) is 1.33. The highest BCUT2D eigenvalue weighted by Crippen LogP contribution is 2.28. The molecule has 0 aliphatic heterocycles. The average Bonchev–Trinajstić information content (AvgIpc) is 2.72. The van der Waals surface area contributed by atoms with E-state index in [1.807, 2.05) is 4.08 Å². The summed E-state index contributed by atoms with van der Waals surface area (Å²) in [6.45, 7) is 0. The van der Waals surface area contributed by atoms with Crippen LogP contribution in [0.4, 0.5) is 0 Å². The Morgan fingerprint density at radius 2 is 1.93 bits per heavy atom. The van der Waals surface area contributed by atoms with Crippen LogP contribution in [0.2, 0.25) is 0 Å². The number of thiophene rings is 1. The second-order valence-corrected chi connectivity index (χ2v) is 4.52. The standard InChI is InChI=1S/C12H9IS/c13-8-7-10-4-1-2-5-11(10)12-6-3-9-14-12/h1-9H/b8-7+. The Balaban J connectivity index is 2.52. The predicted octanol–water partition coefficient (Wildman–Crippen LogP) is 4.82. The molecule has 1 aromatic carbocycles. The van der Waals surface area contributed by atoms with E-state index >= 15 is 0 Å². The SMILES string of the molecule is I/C=C/c1ccccc1-c1cccs1. The van der Waals surface area contributed by atoms with Gasteiger partial charge in [0, 0.05) is 4.88 Å². The first-order valence-electron chi connectivity index (χ1n) is 4.31. The minimum atomic E-state index is 1.28. The van der Waals surface area contributed by atoms with Crippen molar-refractivity contribution >= 4 is 40.0 Å². The van der Waals surface area contributed by atoms with E-state index in [1.54, 1.807) is 11.3 Å². The topological polar surface area (TPSA) is 0 Å². The smallest absolute Gasteiger partial charge is 0.0348 e. The van der Waals surface area contributed by atoms with Gasteiger partial charge in [0.15, 0.2) is 0 Å². The first-order valence-corrected chi connectivity index (χ1v) is 6.44. The van der Waals surface area contributed by atoms with Crippen molar-refractivity contribution in [2.75, 3.05) is 0 Å². The fourth-order valence-corrected chi connectivity index (χ4v) is 2.53. The lowest BCUT2D eigenvalue weighted by Crippen LogP contribution is -1.77. The van der Waals surface area contributed by atoms with E-state index in [9.17, 15) is 0 Å². The molecule has 0 aliphatic rings. The highest BCUT2D eigenvalue weighted by molar-refractivity contribution is 14.1. The van der Waals surface area contributed by atoms with Crippen LogP contribution in [-0.2, 0) is 0 Å². The van der Waals surface area contributed by atoms with Crippen molar-refractivity contribution in [3.63, 3.8) is 0 Å². The van der Waals surface area contributed by atoms with E-state index < -0.39 is 0 Å². The fourth-order valence-electron chi connectivity index (χ4n) is 1.37. The van der Waals surface area contributed by atoms with Gasteiger partial charge in [-0.2, -0.15) is 0 Å². The normalized spacial score (nSPS) is 10.9. The molecule has 2 rings (SSSR count). The van der Waals surface area contributed by atoms with E-state index in [4.69, 9.17) is 0 Å². The number of halogens is 1. The van der Waals surface area contributed by atoms with Crippen molar-refractivity contribution in [3.05, 3.63) is 51.4 Å². The van der Waals surface area contributed by atoms with Crippen LogP contribution in [0.25, 0.3) is 16.5 Å². The number of benzene rings is 1. The lowest BCUT2D eigenvalue weighted by Gasteiger charge is -2.02. The first kappa shape index (κ1) is 9.93. The monoisotopic (exact) mass is 312 g/mol. The maximum Gasteiger partial charge on any atom is 0.0348 e. The fraction of sp³-hybridized carbons (Fsp3) is 0. The Kier molecular flexibility index (Phi) is 3.37. The van der Waals surface area contributed by atoms with Crippen molar-refractivity contribution in [2.24, 2.45) is 0 Å². The van der Waals surface area contributed by atoms with Gasteiger partial charge in [0.2, 0.25) is 0 Å². The van der Waals surface area contributed by atoms with Crippen LogP contribution < -0.4 is 0 Å². The molecule has 0 saturated heterocycles. The number of hydrogen-bond donors (Lipinski definition) is 0. The molecule has 0 saturated carbocycles. The molecule has 0 atom stereocenters. The van der Waals surface area contributed by atoms with Gasteiger partial charge in [0.1, 0.15) is 0 Å². The molecule has 0 radical (unpaired) electrons. The molecule has 1 heterocycles. The molecule has 2 heteroatoms. The highest BCUT2D eigenvalue weighted by atomic mass is 127. The van der Waals surface area contributed by atoms with E-state index in [-0.39, 0.29) is 0 Å². The lowest BCUT2D eigenvalue weighted by molar-refractivity contribution is 1.65. The maximum atomic E-state index is 2.25. The quantitative estimate of drug-likeness (QED) is 0.697. The van der Waals surface area contributed by atoms with Crippen LogP contribution in [0.1, 0.15) is 5.56 Å². The molecular formula is C12H9IS. The zero-order chi connectivity index (χ0) is 9.80. The second-order valence-electron chi connectivity index (χ2n) is 2.86. The van der Waals surface area contributed by atoms with Gasteiger partial charge < -0.3 is 0 Å².